The van der Waals surface area contributed by atoms with E-state index in [1.54, 1.807) is 0 Å². The van der Waals surface area contributed by atoms with Gasteiger partial charge in [-0.15, -0.1) is 5.06 Å². The molecule has 0 spiro atoms. The van der Waals surface area contributed by atoms with E-state index >= 15 is 0 Å². The molecule has 1 aromatic carbocycles. The Labute approximate surface area is 139 Å². The van der Waals surface area contributed by atoms with Crippen molar-refractivity contribution in [1.82, 2.24) is 5.06 Å². The molecule has 0 atom stereocenters. The number of hydrogen-bond donors (Lipinski definition) is 0. The zero-order chi connectivity index (χ0) is 19.0. The van der Waals surface area contributed by atoms with Crippen LogP contribution in [-0.2, 0) is 14.4 Å². The third-order valence-corrected chi connectivity index (χ3v) is 3.43. The van der Waals surface area contributed by atoms with Gasteiger partial charge in [-0.05, 0) is 36.0 Å². The van der Waals surface area contributed by atoms with Gasteiger partial charge in [-0.3, -0.25) is 4.79 Å². The van der Waals surface area contributed by atoms with Gasteiger partial charge in [0.05, 0.1) is 5.69 Å². The van der Waals surface area contributed by atoms with E-state index in [0.717, 1.165) is 24.3 Å². The maximum absolute atomic E-state index is 12.2. The van der Waals surface area contributed by atoms with E-state index < -0.39 is 47.9 Å². The fourth-order valence-corrected chi connectivity index (χ4v) is 2.29. The first-order chi connectivity index (χ1) is 11.4. The lowest BCUT2D eigenvalue weighted by molar-refractivity contribution is -0.225. The van der Waals surface area contributed by atoms with Gasteiger partial charge in [0.25, 0.3) is 5.91 Å². The summed E-state index contributed by atoms with van der Waals surface area (Å²) in [5, 5.41) is -0.0868. The molecule has 1 aromatic rings. The summed E-state index contributed by atoms with van der Waals surface area (Å²) < 4.78 is 73.1. The summed E-state index contributed by atoms with van der Waals surface area (Å²) in [5.41, 5.74) is -4.73. The number of carbonyl (C=O) groups is 3. The van der Waals surface area contributed by atoms with Crippen LogP contribution in [0, 0.1) is 0 Å². The largest absolute Gasteiger partial charge is 0.493 e. The van der Waals surface area contributed by atoms with Gasteiger partial charge in [0.2, 0.25) is 0 Å². The SMILES string of the molecule is O=C1CN(OC(=O)C(F)(F)F)C(=O)N1c1ccc(SC(F)(F)F)cc1. The molecular formula is C12H6F6N2O4S. The van der Waals surface area contributed by atoms with Crippen LogP contribution in [0.25, 0.3) is 0 Å². The number of imide groups is 1. The van der Waals surface area contributed by atoms with Crippen LogP contribution in [0.15, 0.2) is 29.2 Å². The number of amides is 3. The molecule has 0 bridgehead atoms. The number of nitrogens with zero attached hydrogens (tertiary/aromatic N) is 2. The molecule has 0 saturated carbocycles. The monoisotopic (exact) mass is 388 g/mol. The van der Waals surface area contributed by atoms with Gasteiger partial charge in [0, 0.05) is 4.90 Å². The predicted octanol–water partition coefficient (Wildman–Crippen LogP) is 3.09. The van der Waals surface area contributed by atoms with E-state index in [4.69, 9.17) is 0 Å². The first-order valence-electron chi connectivity index (χ1n) is 6.18. The standard InChI is InChI=1S/C12H6F6N2O4S/c13-11(14,15)9(22)24-19-5-8(21)20(10(19)23)6-1-3-7(4-2-6)25-12(16,17)18/h1-4H,5H2. The minimum Gasteiger partial charge on any atom is -0.328 e. The number of benzene rings is 1. The second kappa shape index (κ2) is 6.46. The van der Waals surface area contributed by atoms with Gasteiger partial charge in [-0.2, -0.15) is 26.3 Å². The fraction of sp³-hybridized carbons (Fsp3) is 0.250. The van der Waals surface area contributed by atoms with Gasteiger partial charge in [-0.1, -0.05) is 0 Å². The number of carbonyl (C=O) groups excluding carboxylic acids is 3. The highest BCUT2D eigenvalue weighted by atomic mass is 32.2. The Morgan fingerprint density at radius 3 is 2.08 bits per heavy atom. The molecule has 13 heteroatoms. The topological polar surface area (TPSA) is 66.9 Å². The summed E-state index contributed by atoms with van der Waals surface area (Å²) in [7, 11) is 0. The molecule has 0 aromatic heterocycles. The maximum Gasteiger partial charge on any atom is 0.493 e. The Morgan fingerprint density at radius 2 is 1.60 bits per heavy atom. The first-order valence-corrected chi connectivity index (χ1v) is 6.99. The van der Waals surface area contributed by atoms with Gasteiger partial charge in [-0.25, -0.2) is 14.5 Å². The lowest BCUT2D eigenvalue weighted by Crippen LogP contribution is -2.38. The van der Waals surface area contributed by atoms with Gasteiger partial charge >= 0.3 is 23.7 Å². The number of thioether (sulfide) groups is 1. The van der Waals surface area contributed by atoms with Crippen LogP contribution in [0.1, 0.15) is 0 Å². The molecule has 0 unspecified atom stereocenters. The minimum atomic E-state index is -5.37. The molecule has 3 amide bonds. The van der Waals surface area contributed by atoms with Gasteiger partial charge in [0.15, 0.2) is 0 Å². The molecule has 0 aliphatic carbocycles. The van der Waals surface area contributed by atoms with E-state index in [0.29, 0.717) is 4.90 Å². The summed E-state index contributed by atoms with van der Waals surface area (Å²) in [5.74, 6) is -3.70. The first kappa shape index (κ1) is 18.9. The summed E-state index contributed by atoms with van der Waals surface area (Å²) in [4.78, 5) is 38.3. The van der Waals surface area contributed by atoms with Crippen LogP contribution in [0.2, 0.25) is 0 Å². The van der Waals surface area contributed by atoms with Crippen LogP contribution in [0.5, 0.6) is 0 Å². The van der Waals surface area contributed by atoms with Crippen molar-refractivity contribution in [3.8, 4) is 0 Å². The summed E-state index contributed by atoms with van der Waals surface area (Å²) >= 11 is -0.428. The highest BCUT2D eigenvalue weighted by Gasteiger charge is 2.47. The lowest BCUT2D eigenvalue weighted by atomic mass is 10.3. The number of hydroxylamine groups is 2. The average Bonchev–Trinajstić information content (AvgIpc) is 2.72. The Hall–Kier alpha value is -2.44. The smallest absolute Gasteiger partial charge is 0.328 e. The highest BCUT2D eigenvalue weighted by molar-refractivity contribution is 8.00. The summed E-state index contributed by atoms with van der Waals surface area (Å²) in [6, 6.07) is 2.56. The Kier molecular flexibility index (Phi) is 4.88. The van der Waals surface area contributed by atoms with Crippen molar-refractivity contribution < 1.29 is 45.6 Å². The van der Waals surface area contributed by atoms with Crippen molar-refractivity contribution in [2.24, 2.45) is 0 Å². The van der Waals surface area contributed by atoms with Crippen LogP contribution >= 0.6 is 11.8 Å². The molecule has 1 aliphatic heterocycles. The molecule has 1 saturated heterocycles. The van der Waals surface area contributed by atoms with Crippen molar-refractivity contribution in [3.63, 3.8) is 0 Å². The summed E-state index contributed by atoms with van der Waals surface area (Å²) in [6.45, 7) is -0.959. The minimum absolute atomic E-state index is 0.0868. The van der Waals surface area contributed by atoms with Gasteiger partial charge < -0.3 is 4.84 Å². The highest BCUT2D eigenvalue weighted by Crippen LogP contribution is 2.37. The Morgan fingerprint density at radius 1 is 1.04 bits per heavy atom. The van der Waals surface area contributed by atoms with E-state index in [2.05, 4.69) is 4.84 Å². The number of hydrogen-bond acceptors (Lipinski definition) is 5. The number of urea groups is 1. The van der Waals surface area contributed by atoms with Crippen LogP contribution in [-0.4, -0.2) is 41.2 Å². The van der Waals surface area contributed by atoms with Crippen molar-refractivity contribution in [1.29, 1.82) is 0 Å². The number of alkyl halides is 6. The quantitative estimate of drug-likeness (QED) is 0.452. The normalized spacial score (nSPS) is 15.8. The molecule has 0 radical (unpaired) electrons. The second-order valence-corrected chi connectivity index (χ2v) is 5.60. The molecule has 1 heterocycles. The van der Waals surface area contributed by atoms with Gasteiger partial charge in [0.1, 0.15) is 6.54 Å². The maximum atomic E-state index is 12.2. The molecule has 136 valence electrons. The van der Waals surface area contributed by atoms with Crippen molar-refractivity contribution in [3.05, 3.63) is 24.3 Å². The molecular weight excluding hydrogens is 382 g/mol. The Balaban J connectivity index is 2.13. The summed E-state index contributed by atoms with van der Waals surface area (Å²) in [6.07, 6.45) is -5.37. The van der Waals surface area contributed by atoms with Crippen molar-refractivity contribution in [2.75, 3.05) is 11.4 Å². The lowest BCUT2D eigenvalue weighted by Gasteiger charge is -2.17. The molecule has 25 heavy (non-hydrogen) atoms. The van der Waals surface area contributed by atoms with E-state index in [1.807, 2.05) is 0 Å². The predicted molar refractivity (Wildman–Crippen MR) is 70.1 cm³/mol. The zero-order valence-corrected chi connectivity index (χ0v) is 12.5. The van der Waals surface area contributed by atoms with Crippen molar-refractivity contribution >= 4 is 35.4 Å². The van der Waals surface area contributed by atoms with Crippen LogP contribution in [0.3, 0.4) is 0 Å². The second-order valence-electron chi connectivity index (χ2n) is 4.47. The molecule has 1 aliphatic rings. The van der Waals surface area contributed by atoms with E-state index in [-0.39, 0.29) is 15.6 Å². The number of anilines is 1. The molecule has 2 rings (SSSR count). The fourth-order valence-electron chi connectivity index (χ4n) is 1.75. The average molecular weight is 388 g/mol. The Bertz CT molecular complexity index is 703. The number of rotatable bonds is 3. The van der Waals surface area contributed by atoms with E-state index in [9.17, 15) is 40.7 Å². The number of halogens is 6. The van der Waals surface area contributed by atoms with Crippen LogP contribution < -0.4 is 4.90 Å². The van der Waals surface area contributed by atoms with E-state index in [1.165, 1.54) is 0 Å². The molecule has 6 nitrogen and oxygen atoms in total. The van der Waals surface area contributed by atoms with Crippen LogP contribution in [0.4, 0.5) is 36.8 Å². The zero-order valence-electron chi connectivity index (χ0n) is 11.7. The molecule has 0 N–H and O–H groups in total. The van der Waals surface area contributed by atoms with Crippen molar-refractivity contribution in [2.45, 2.75) is 16.6 Å². The third-order valence-electron chi connectivity index (χ3n) is 2.69. The molecule has 1 fully saturated rings. The third kappa shape index (κ3) is 4.55.